The molecule has 34 heavy (non-hydrogen) atoms. The van der Waals surface area contributed by atoms with E-state index in [4.69, 9.17) is 67.2 Å². The zero-order valence-electron chi connectivity index (χ0n) is 16.8. The molecule has 0 atom stereocenters. The number of aromatic nitrogens is 3. The topological polar surface area (TPSA) is 82.2 Å². The normalized spacial score (nSPS) is 11.0. The van der Waals surface area contributed by atoms with Crippen LogP contribution < -0.4 is 10.1 Å². The van der Waals surface area contributed by atoms with Crippen LogP contribution in [0, 0.1) is 5.82 Å². The van der Waals surface area contributed by atoms with Crippen molar-refractivity contribution in [1.82, 2.24) is 14.8 Å². The van der Waals surface area contributed by atoms with Crippen molar-refractivity contribution >= 4 is 69.9 Å². The van der Waals surface area contributed by atoms with Crippen molar-refractivity contribution in [2.24, 2.45) is 0 Å². The first-order chi connectivity index (χ1) is 16.2. The number of furan rings is 1. The monoisotopic (exact) mass is 562 g/mol. The van der Waals surface area contributed by atoms with Gasteiger partial charge in [-0.05, 0) is 18.2 Å². The fourth-order valence-corrected chi connectivity index (χ4v) is 4.05. The van der Waals surface area contributed by atoms with Gasteiger partial charge in [-0.25, -0.2) is 14.1 Å². The van der Waals surface area contributed by atoms with Gasteiger partial charge >= 0.3 is 0 Å². The molecule has 2 aromatic carbocycles. The summed E-state index contributed by atoms with van der Waals surface area (Å²) in [6.07, 6.45) is 1.37. The summed E-state index contributed by atoms with van der Waals surface area (Å²) in [7, 11) is 0. The van der Waals surface area contributed by atoms with E-state index in [1.807, 2.05) is 0 Å². The Bertz CT molecular complexity index is 1350. The van der Waals surface area contributed by atoms with Gasteiger partial charge in [0.2, 0.25) is 5.95 Å². The van der Waals surface area contributed by atoms with E-state index in [0.717, 1.165) is 0 Å². The zero-order valence-corrected chi connectivity index (χ0v) is 20.6. The highest BCUT2D eigenvalue weighted by atomic mass is 35.5. The predicted molar refractivity (Wildman–Crippen MR) is 128 cm³/mol. The van der Waals surface area contributed by atoms with Gasteiger partial charge in [0.25, 0.3) is 5.91 Å². The molecule has 0 unspecified atom stereocenters. The van der Waals surface area contributed by atoms with Gasteiger partial charge in [-0.1, -0.05) is 76.2 Å². The van der Waals surface area contributed by atoms with Crippen LogP contribution in [0.25, 0.3) is 0 Å². The highest BCUT2D eigenvalue weighted by molar-refractivity contribution is 6.55. The summed E-state index contributed by atoms with van der Waals surface area (Å²) in [4.78, 5) is 16.5. The third-order valence-electron chi connectivity index (χ3n) is 4.47. The Morgan fingerprint density at radius 1 is 1.00 bits per heavy atom. The van der Waals surface area contributed by atoms with Crippen LogP contribution in [-0.4, -0.2) is 20.7 Å². The van der Waals surface area contributed by atoms with Crippen LogP contribution in [0.4, 0.5) is 10.3 Å². The number of anilines is 1. The van der Waals surface area contributed by atoms with Gasteiger partial charge in [-0.3, -0.25) is 10.1 Å². The van der Waals surface area contributed by atoms with Crippen molar-refractivity contribution in [1.29, 1.82) is 0 Å². The number of ether oxygens (including phenoxy) is 1. The maximum absolute atomic E-state index is 13.8. The number of rotatable bonds is 7. The molecule has 0 saturated carbocycles. The van der Waals surface area contributed by atoms with Crippen molar-refractivity contribution in [3.05, 3.63) is 90.7 Å². The fraction of sp³-hybridized carbons (Fsp3) is 0.0952. The van der Waals surface area contributed by atoms with E-state index in [0.29, 0.717) is 5.56 Å². The van der Waals surface area contributed by atoms with Crippen molar-refractivity contribution in [3.63, 3.8) is 0 Å². The molecule has 1 amide bonds. The molecule has 0 aliphatic carbocycles. The van der Waals surface area contributed by atoms with E-state index < -0.39 is 5.91 Å². The van der Waals surface area contributed by atoms with Gasteiger partial charge in [0.15, 0.2) is 11.5 Å². The molecular weight excluding hydrogens is 553 g/mol. The van der Waals surface area contributed by atoms with Crippen LogP contribution in [0.1, 0.15) is 21.9 Å². The molecule has 1 N–H and O–H groups in total. The summed E-state index contributed by atoms with van der Waals surface area (Å²) < 4.78 is 26.3. The number of halogens is 6. The minimum atomic E-state index is -0.594. The fourth-order valence-electron chi connectivity index (χ4n) is 2.82. The highest BCUT2D eigenvalue weighted by Gasteiger charge is 2.21. The molecule has 2 aromatic heterocycles. The molecule has 0 spiro atoms. The Balaban J connectivity index is 1.39. The lowest BCUT2D eigenvalue weighted by molar-refractivity contribution is 0.0991. The van der Waals surface area contributed by atoms with E-state index >= 15 is 0 Å². The first kappa shape index (κ1) is 24.6. The molecule has 0 fully saturated rings. The Morgan fingerprint density at radius 2 is 1.68 bits per heavy atom. The van der Waals surface area contributed by atoms with Crippen LogP contribution in [-0.2, 0) is 13.2 Å². The molecule has 0 bridgehead atoms. The number of amides is 1. The Kier molecular flexibility index (Phi) is 7.54. The molecule has 4 rings (SSSR count). The first-order valence-electron chi connectivity index (χ1n) is 9.41. The maximum Gasteiger partial charge on any atom is 0.293 e. The highest BCUT2D eigenvalue weighted by Crippen LogP contribution is 2.48. The van der Waals surface area contributed by atoms with Gasteiger partial charge in [-0.2, -0.15) is 0 Å². The molecule has 176 valence electrons. The average molecular weight is 565 g/mol. The summed E-state index contributed by atoms with van der Waals surface area (Å²) in [5.74, 6) is -0.636. The van der Waals surface area contributed by atoms with E-state index in [9.17, 15) is 9.18 Å². The SMILES string of the molecule is O=C(Nc1ncn(Cc2ccccc2F)n1)c1ccc(COc2c(Cl)c(Cl)c(Cl)c(Cl)c2Cl)o1. The minimum absolute atomic E-state index is 0.00538. The second kappa shape index (κ2) is 10.4. The number of benzene rings is 2. The predicted octanol–water partition coefficient (Wildman–Crippen LogP) is 7.16. The van der Waals surface area contributed by atoms with Crippen molar-refractivity contribution in [3.8, 4) is 5.75 Å². The van der Waals surface area contributed by atoms with Crippen LogP contribution in [0.2, 0.25) is 25.1 Å². The van der Waals surface area contributed by atoms with E-state index in [1.165, 1.54) is 29.2 Å². The molecule has 13 heteroatoms. The molecule has 2 heterocycles. The number of nitrogens with one attached hydrogen (secondary N) is 1. The minimum Gasteiger partial charge on any atom is -0.482 e. The molecule has 4 aromatic rings. The van der Waals surface area contributed by atoms with Gasteiger partial charge in [-0.15, -0.1) is 5.10 Å². The van der Waals surface area contributed by atoms with E-state index in [-0.39, 0.29) is 67.3 Å². The zero-order chi connectivity index (χ0) is 24.4. The van der Waals surface area contributed by atoms with Crippen LogP contribution >= 0.6 is 58.0 Å². The average Bonchev–Trinajstić information content (AvgIpc) is 3.47. The summed E-state index contributed by atoms with van der Waals surface area (Å²) in [6, 6.07) is 9.26. The van der Waals surface area contributed by atoms with Gasteiger partial charge in [0.1, 0.15) is 34.6 Å². The Labute approximate surface area is 217 Å². The third-order valence-corrected chi connectivity index (χ3v) is 6.71. The quantitative estimate of drug-likeness (QED) is 0.190. The second-order valence-corrected chi connectivity index (χ2v) is 8.65. The standard InChI is InChI=1S/C21H12Cl5FN4O3/c22-14-15(23)17(25)19(18(26)16(14)24)33-8-11-5-6-13(34-11)20(32)29-21-28-9-31(30-21)7-10-3-1-2-4-12(10)27/h1-6,9H,7-8H2,(H,29,30,32). The Hall–Kier alpha value is -2.49. The number of nitrogens with zero attached hydrogens (tertiary/aromatic N) is 3. The summed E-state index contributed by atoms with van der Waals surface area (Å²) in [5.41, 5.74) is 0.435. The summed E-state index contributed by atoms with van der Waals surface area (Å²) >= 11 is 30.3. The molecule has 0 radical (unpaired) electrons. The smallest absolute Gasteiger partial charge is 0.293 e. The van der Waals surface area contributed by atoms with Crippen molar-refractivity contribution in [2.75, 3.05) is 5.32 Å². The molecule has 7 nitrogen and oxygen atoms in total. The van der Waals surface area contributed by atoms with Crippen molar-refractivity contribution in [2.45, 2.75) is 13.2 Å². The lowest BCUT2D eigenvalue weighted by atomic mass is 10.2. The second-order valence-electron chi connectivity index (χ2n) is 6.76. The van der Waals surface area contributed by atoms with E-state index in [1.54, 1.807) is 18.2 Å². The molecule has 0 aliphatic rings. The lowest BCUT2D eigenvalue weighted by Gasteiger charge is -2.12. The maximum atomic E-state index is 13.8. The third kappa shape index (κ3) is 5.26. The van der Waals surface area contributed by atoms with Gasteiger partial charge in [0, 0.05) is 5.56 Å². The largest absolute Gasteiger partial charge is 0.482 e. The van der Waals surface area contributed by atoms with Crippen LogP contribution in [0.3, 0.4) is 0 Å². The number of carbonyl (C=O) groups is 1. The van der Waals surface area contributed by atoms with Gasteiger partial charge < -0.3 is 9.15 Å². The summed E-state index contributed by atoms with van der Waals surface area (Å²) in [5, 5.41) is 6.59. The van der Waals surface area contributed by atoms with Crippen LogP contribution in [0.15, 0.2) is 47.1 Å². The lowest BCUT2D eigenvalue weighted by Crippen LogP contribution is -2.13. The van der Waals surface area contributed by atoms with Crippen molar-refractivity contribution < 1.29 is 18.3 Å². The number of hydrogen-bond donors (Lipinski definition) is 1. The first-order valence-corrected chi connectivity index (χ1v) is 11.3. The van der Waals surface area contributed by atoms with Crippen LogP contribution in [0.5, 0.6) is 5.75 Å². The van der Waals surface area contributed by atoms with Gasteiger partial charge in [0.05, 0.1) is 21.6 Å². The summed E-state index contributed by atoms with van der Waals surface area (Å²) in [6.45, 7) is 0.0260. The molecular formula is C21H12Cl5FN4O3. The number of carbonyl (C=O) groups excluding carboxylic acids is 1. The molecule has 0 saturated heterocycles. The van der Waals surface area contributed by atoms with E-state index in [2.05, 4.69) is 15.4 Å². The molecule has 0 aliphatic heterocycles. The Morgan fingerprint density at radius 3 is 2.38 bits per heavy atom. The number of hydrogen-bond acceptors (Lipinski definition) is 5.